The molecule has 0 aliphatic carbocycles. The molecule has 1 N–H and O–H groups in total. The van der Waals surface area contributed by atoms with Gasteiger partial charge in [-0.1, -0.05) is 56.6 Å². The molecule has 0 amide bonds. The van der Waals surface area contributed by atoms with Gasteiger partial charge in [-0.05, 0) is 48.6 Å². The summed E-state index contributed by atoms with van der Waals surface area (Å²) in [6.07, 6.45) is 1.12. The number of benzene rings is 1. The van der Waals surface area contributed by atoms with Crippen LogP contribution in [0.15, 0.2) is 30.3 Å². The van der Waals surface area contributed by atoms with Crippen LogP contribution in [0.5, 0.6) is 0 Å². The molecule has 1 heterocycles. The Labute approximate surface area is 137 Å². The first-order chi connectivity index (χ1) is 10.0. The highest BCUT2D eigenvalue weighted by atomic mass is 35.5. The molecule has 0 radical (unpaired) electrons. The lowest BCUT2D eigenvalue weighted by Gasteiger charge is -2.18. The van der Waals surface area contributed by atoms with Crippen molar-refractivity contribution in [3.8, 4) is 0 Å². The van der Waals surface area contributed by atoms with Crippen molar-refractivity contribution in [3.05, 3.63) is 56.2 Å². The maximum absolute atomic E-state index is 6.25. The molecule has 114 valence electrons. The van der Waals surface area contributed by atoms with Gasteiger partial charge in [0.05, 0.1) is 10.4 Å². The fraction of sp³-hybridized carbons (Fsp3) is 0.444. The molecule has 2 rings (SSSR count). The molecule has 1 unspecified atom stereocenters. The zero-order valence-electron chi connectivity index (χ0n) is 13.2. The fourth-order valence-electron chi connectivity index (χ4n) is 2.37. The van der Waals surface area contributed by atoms with Crippen LogP contribution in [0.2, 0.25) is 4.34 Å². The van der Waals surface area contributed by atoms with Crippen LogP contribution in [0, 0.1) is 6.92 Å². The van der Waals surface area contributed by atoms with Crippen molar-refractivity contribution in [2.45, 2.75) is 46.1 Å². The minimum atomic E-state index is 0.238. The van der Waals surface area contributed by atoms with Gasteiger partial charge >= 0.3 is 0 Å². The number of hydrogen-bond acceptors (Lipinski definition) is 2. The van der Waals surface area contributed by atoms with Gasteiger partial charge in [0, 0.05) is 4.88 Å². The van der Waals surface area contributed by atoms with Gasteiger partial charge in [-0.2, -0.15) is 0 Å². The van der Waals surface area contributed by atoms with Crippen LogP contribution in [0.3, 0.4) is 0 Å². The van der Waals surface area contributed by atoms with E-state index in [1.165, 1.54) is 21.6 Å². The summed E-state index contributed by atoms with van der Waals surface area (Å²) in [5, 5.41) is 3.64. The fourth-order valence-corrected chi connectivity index (χ4v) is 3.69. The zero-order valence-corrected chi connectivity index (χ0v) is 14.8. The van der Waals surface area contributed by atoms with E-state index in [1.807, 2.05) is 0 Å². The molecule has 3 heteroatoms. The number of halogens is 1. The van der Waals surface area contributed by atoms with E-state index in [2.05, 4.69) is 63.3 Å². The van der Waals surface area contributed by atoms with Gasteiger partial charge in [0.15, 0.2) is 0 Å². The Bertz CT molecular complexity index is 552. The van der Waals surface area contributed by atoms with Crippen LogP contribution in [0.25, 0.3) is 0 Å². The van der Waals surface area contributed by atoms with E-state index in [1.54, 1.807) is 11.3 Å². The van der Waals surface area contributed by atoms with Crippen molar-refractivity contribution < 1.29 is 0 Å². The normalized spacial score (nSPS) is 12.9. The van der Waals surface area contributed by atoms with Gasteiger partial charge in [0.2, 0.25) is 0 Å². The van der Waals surface area contributed by atoms with Crippen molar-refractivity contribution in [1.82, 2.24) is 5.32 Å². The third kappa shape index (κ3) is 4.09. The number of thiophene rings is 1. The van der Waals surface area contributed by atoms with Gasteiger partial charge in [-0.15, -0.1) is 11.3 Å². The maximum atomic E-state index is 6.25. The molecule has 0 fully saturated rings. The van der Waals surface area contributed by atoms with E-state index in [0.29, 0.717) is 5.92 Å². The highest BCUT2D eigenvalue weighted by Gasteiger charge is 2.17. The topological polar surface area (TPSA) is 12.0 Å². The average Bonchev–Trinajstić information content (AvgIpc) is 2.79. The lowest BCUT2D eigenvalue weighted by molar-refractivity contribution is 0.605. The lowest BCUT2D eigenvalue weighted by atomic mass is 9.98. The van der Waals surface area contributed by atoms with Crippen LogP contribution in [0.1, 0.15) is 60.7 Å². The lowest BCUT2D eigenvalue weighted by Crippen LogP contribution is -2.22. The first kappa shape index (κ1) is 16.5. The minimum absolute atomic E-state index is 0.238. The second-order valence-electron chi connectivity index (χ2n) is 5.81. The van der Waals surface area contributed by atoms with Crippen LogP contribution in [0.4, 0.5) is 0 Å². The van der Waals surface area contributed by atoms with Crippen LogP contribution >= 0.6 is 22.9 Å². The Hall–Kier alpha value is -0.830. The van der Waals surface area contributed by atoms with Crippen molar-refractivity contribution in [1.29, 1.82) is 0 Å². The third-order valence-electron chi connectivity index (χ3n) is 3.70. The van der Waals surface area contributed by atoms with Gasteiger partial charge < -0.3 is 5.32 Å². The van der Waals surface area contributed by atoms with Crippen molar-refractivity contribution >= 4 is 22.9 Å². The highest BCUT2D eigenvalue weighted by molar-refractivity contribution is 7.16. The molecule has 1 nitrogen and oxygen atoms in total. The van der Waals surface area contributed by atoms with Crippen molar-refractivity contribution in [2.24, 2.45) is 0 Å². The summed E-state index contributed by atoms with van der Waals surface area (Å²) in [5.74, 6) is 0.569. The third-order valence-corrected chi connectivity index (χ3v) is 5.32. The standard InChI is InChI=1S/C18H24ClNS/c1-5-10-20-17(16-11-13(4)18(19)21-16)15-8-6-14(7-9-15)12(2)3/h6-9,11-12,17,20H,5,10H2,1-4H3. The molecule has 0 aliphatic rings. The molecule has 0 aliphatic heterocycles. The van der Waals surface area contributed by atoms with Gasteiger partial charge in [0.25, 0.3) is 0 Å². The smallest absolute Gasteiger partial charge is 0.0961 e. The van der Waals surface area contributed by atoms with E-state index < -0.39 is 0 Å². The highest BCUT2D eigenvalue weighted by Crippen LogP contribution is 2.34. The van der Waals surface area contributed by atoms with E-state index in [-0.39, 0.29) is 6.04 Å². The van der Waals surface area contributed by atoms with Gasteiger partial charge in [-0.3, -0.25) is 0 Å². The van der Waals surface area contributed by atoms with Gasteiger partial charge in [-0.25, -0.2) is 0 Å². The average molecular weight is 322 g/mol. The number of aryl methyl sites for hydroxylation is 1. The summed E-state index contributed by atoms with van der Waals surface area (Å²) >= 11 is 7.93. The van der Waals surface area contributed by atoms with Crippen LogP contribution < -0.4 is 5.32 Å². The molecule has 1 aromatic carbocycles. The van der Waals surface area contributed by atoms with Gasteiger partial charge in [0.1, 0.15) is 0 Å². The predicted molar refractivity (Wildman–Crippen MR) is 94.7 cm³/mol. The maximum Gasteiger partial charge on any atom is 0.0961 e. The summed E-state index contributed by atoms with van der Waals surface area (Å²) in [6, 6.07) is 11.4. The molecular weight excluding hydrogens is 298 g/mol. The Balaban J connectivity index is 2.30. The molecule has 1 atom stereocenters. The SMILES string of the molecule is CCCNC(c1ccc(C(C)C)cc1)c1cc(C)c(Cl)s1. The molecule has 21 heavy (non-hydrogen) atoms. The summed E-state index contributed by atoms with van der Waals surface area (Å²) in [4.78, 5) is 1.29. The molecule has 1 aromatic heterocycles. The summed E-state index contributed by atoms with van der Waals surface area (Å²) in [5.41, 5.74) is 3.86. The van der Waals surface area contributed by atoms with E-state index in [0.717, 1.165) is 17.3 Å². The quantitative estimate of drug-likeness (QED) is 0.696. The molecule has 2 aromatic rings. The van der Waals surface area contributed by atoms with Crippen LogP contribution in [-0.2, 0) is 0 Å². The molecular formula is C18H24ClNS. The Morgan fingerprint density at radius 3 is 2.24 bits per heavy atom. The zero-order chi connectivity index (χ0) is 15.4. The second kappa shape index (κ2) is 7.44. The largest absolute Gasteiger partial charge is 0.306 e. The summed E-state index contributed by atoms with van der Waals surface area (Å²) in [6.45, 7) is 9.72. The Morgan fingerprint density at radius 2 is 1.76 bits per heavy atom. The van der Waals surface area contributed by atoms with Crippen molar-refractivity contribution in [2.75, 3.05) is 6.54 Å². The van der Waals surface area contributed by atoms with E-state index in [4.69, 9.17) is 11.6 Å². The molecule has 0 saturated heterocycles. The van der Waals surface area contributed by atoms with Crippen molar-refractivity contribution in [3.63, 3.8) is 0 Å². The van der Waals surface area contributed by atoms with E-state index in [9.17, 15) is 0 Å². The first-order valence-corrected chi connectivity index (χ1v) is 8.81. The number of rotatable bonds is 6. The number of nitrogens with one attached hydrogen (secondary N) is 1. The Kier molecular flexibility index (Phi) is 5.86. The van der Waals surface area contributed by atoms with E-state index >= 15 is 0 Å². The monoisotopic (exact) mass is 321 g/mol. The number of hydrogen-bond donors (Lipinski definition) is 1. The minimum Gasteiger partial charge on any atom is -0.306 e. The second-order valence-corrected chi connectivity index (χ2v) is 7.50. The molecule has 0 bridgehead atoms. The predicted octanol–water partition coefficient (Wildman–Crippen LogP) is 5.92. The summed E-state index contributed by atoms with van der Waals surface area (Å²) in [7, 11) is 0. The Morgan fingerprint density at radius 1 is 1.14 bits per heavy atom. The summed E-state index contributed by atoms with van der Waals surface area (Å²) < 4.78 is 0.895. The molecule has 0 spiro atoms. The molecule has 0 saturated carbocycles. The van der Waals surface area contributed by atoms with Crippen LogP contribution in [-0.4, -0.2) is 6.54 Å². The first-order valence-electron chi connectivity index (χ1n) is 7.62.